The van der Waals surface area contributed by atoms with Gasteiger partial charge in [0.15, 0.2) is 4.80 Å². The van der Waals surface area contributed by atoms with Crippen molar-refractivity contribution in [2.75, 3.05) is 7.11 Å². The van der Waals surface area contributed by atoms with Crippen molar-refractivity contribution in [3.05, 3.63) is 126 Å². The van der Waals surface area contributed by atoms with Crippen molar-refractivity contribution in [1.82, 2.24) is 4.57 Å². The van der Waals surface area contributed by atoms with E-state index >= 15 is 0 Å². The minimum absolute atomic E-state index is 0.102. The first-order chi connectivity index (χ1) is 16.6. The summed E-state index contributed by atoms with van der Waals surface area (Å²) in [5.74, 6) is 0.439. The number of thiazole rings is 1. The minimum atomic E-state index is -0.305. The van der Waals surface area contributed by atoms with Crippen LogP contribution in [0.2, 0.25) is 0 Å². The number of hydrogen-bond acceptors (Lipinski definition) is 4. The maximum absolute atomic E-state index is 13.7. The molecule has 1 aliphatic carbocycles. The molecule has 1 atom stereocenters. The summed E-state index contributed by atoms with van der Waals surface area (Å²) in [4.78, 5) is 19.4. The van der Waals surface area contributed by atoms with Crippen LogP contribution in [0.4, 0.5) is 4.39 Å². The molecule has 0 spiro atoms. The monoisotopic (exact) mass is 468 g/mol. The van der Waals surface area contributed by atoms with Gasteiger partial charge in [0.25, 0.3) is 5.56 Å². The molecule has 0 saturated heterocycles. The zero-order valence-corrected chi connectivity index (χ0v) is 19.3. The molecule has 0 radical (unpaired) electrons. The summed E-state index contributed by atoms with van der Waals surface area (Å²) in [5.41, 5.74) is 6.09. The van der Waals surface area contributed by atoms with Gasteiger partial charge in [-0.25, -0.2) is 9.38 Å². The Morgan fingerprint density at radius 2 is 1.79 bits per heavy atom. The molecule has 2 heterocycles. The Morgan fingerprint density at radius 1 is 1.03 bits per heavy atom. The van der Waals surface area contributed by atoms with E-state index in [0.29, 0.717) is 9.33 Å². The van der Waals surface area contributed by atoms with Gasteiger partial charge in [-0.05, 0) is 53.8 Å². The van der Waals surface area contributed by atoms with Gasteiger partial charge in [0.05, 0.1) is 23.4 Å². The Morgan fingerprint density at radius 3 is 2.62 bits per heavy atom. The van der Waals surface area contributed by atoms with Gasteiger partial charge in [0, 0.05) is 11.1 Å². The number of benzene rings is 3. The van der Waals surface area contributed by atoms with Crippen molar-refractivity contribution in [1.29, 1.82) is 0 Å². The Balaban J connectivity index is 1.64. The Kier molecular flexibility index (Phi) is 5.03. The molecule has 34 heavy (non-hydrogen) atoms. The molecule has 6 heteroatoms. The summed E-state index contributed by atoms with van der Waals surface area (Å²) in [5, 5.41) is 0. The molecular weight excluding hydrogens is 447 g/mol. The first-order valence-corrected chi connectivity index (χ1v) is 12.0. The third-order valence-electron chi connectivity index (χ3n) is 6.47. The second-order valence-corrected chi connectivity index (χ2v) is 9.42. The molecule has 0 fully saturated rings. The van der Waals surface area contributed by atoms with Gasteiger partial charge in [-0.15, -0.1) is 0 Å². The summed E-state index contributed by atoms with van der Waals surface area (Å²) in [7, 11) is 1.66. The molecule has 6 rings (SSSR count). The SMILES string of the molecule is COc1ccccc1C1C2=C(N=c3s/c(=C\c4ccc(F)cc4)c(=O)n31)c1ccccc1CC2. The first kappa shape index (κ1) is 20.8. The molecule has 2 aliphatic rings. The number of allylic oxidation sites excluding steroid dienone is 1. The van der Waals surface area contributed by atoms with Crippen LogP contribution in [-0.4, -0.2) is 11.7 Å². The third-order valence-corrected chi connectivity index (χ3v) is 7.46. The number of hydrogen-bond donors (Lipinski definition) is 0. The molecule has 4 nitrogen and oxygen atoms in total. The van der Waals surface area contributed by atoms with E-state index in [4.69, 9.17) is 9.73 Å². The molecule has 0 N–H and O–H groups in total. The number of aryl methyl sites for hydroxylation is 1. The first-order valence-electron chi connectivity index (χ1n) is 11.2. The van der Waals surface area contributed by atoms with Crippen LogP contribution in [0.5, 0.6) is 5.75 Å². The van der Waals surface area contributed by atoms with Gasteiger partial charge in [0.1, 0.15) is 11.6 Å². The second-order valence-electron chi connectivity index (χ2n) is 8.41. The molecule has 0 bridgehead atoms. The van der Waals surface area contributed by atoms with Crippen molar-refractivity contribution >= 4 is 23.1 Å². The number of ether oxygens (including phenoxy) is 1. The van der Waals surface area contributed by atoms with Gasteiger partial charge in [-0.2, -0.15) is 0 Å². The largest absolute Gasteiger partial charge is 0.496 e. The fourth-order valence-corrected chi connectivity index (χ4v) is 5.90. The molecule has 168 valence electrons. The lowest BCUT2D eigenvalue weighted by Crippen LogP contribution is -2.38. The van der Waals surface area contributed by atoms with E-state index in [1.165, 1.54) is 29.0 Å². The quantitative estimate of drug-likeness (QED) is 0.446. The Hall–Kier alpha value is -3.77. The predicted molar refractivity (Wildman–Crippen MR) is 132 cm³/mol. The standard InChI is InChI=1S/C28H21FN2O2S/c1-33-23-9-5-4-8-21(23)26-22-15-12-18-6-2-3-7-20(18)25(22)30-28-31(26)27(32)24(34-28)16-17-10-13-19(29)14-11-17/h2-11,13-14,16,26H,12,15H2,1H3/b24-16-. The van der Waals surface area contributed by atoms with Crippen LogP contribution in [0, 0.1) is 5.82 Å². The summed E-state index contributed by atoms with van der Waals surface area (Å²) in [6, 6.07) is 22.1. The van der Waals surface area contributed by atoms with Crippen molar-refractivity contribution in [2.24, 2.45) is 4.99 Å². The summed E-state index contributed by atoms with van der Waals surface area (Å²) >= 11 is 1.36. The highest BCUT2D eigenvalue weighted by Gasteiger charge is 2.33. The van der Waals surface area contributed by atoms with Crippen molar-refractivity contribution in [3.8, 4) is 5.75 Å². The summed E-state index contributed by atoms with van der Waals surface area (Å²) in [6.07, 6.45) is 3.52. The maximum Gasteiger partial charge on any atom is 0.271 e. The topological polar surface area (TPSA) is 43.6 Å². The van der Waals surface area contributed by atoms with Gasteiger partial charge in [-0.3, -0.25) is 9.36 Å². The van der Waals surface area contributed by atoms with E-state index in [0.717, 1.165) is 46.6 Å². The summed E-state index contributed by atoms with van der Waals surface area (Å²) < 4.78 is 21.5. The number of nitrogens with zero attached hydrogens (tertiary/aromatic N) is 2. The average molecular weight is 469 g/mol. The van der Waals surface area contributed by atoms with E-state index in [9.17, 15) is 9.18 Å². The van der Waals surface area contributed by atoms with Crippen LogP contribution in [-0.2, 0) is 6.42 Å². The number of halogens is 1. The molecule has 1 aromatic heterocycles. The average Bonchev–Trinajstić information content (AvgIpc) is 3.18. The molecule has 1 aliphatic heterocycles. The number of fused-ring (bicyclic) bond motifs is 3. The number of para-hydroxylation sites is 1. The van der Waals surface area contributed by atoms with Crippen molar-refractivity contribution < 1.29 is 9.13 Å². The molecular formula is C28H21FN2O2S. The summed E-state index contributed by atoms with van der Waals surface area (Å²) in [6.45, 7) is 0. The van der Waals surface area contributed by atoms with Crippen LogP contribution < -0.4 is 19.6 Å². The molecule has 0 saturated carbocycles. The van der Waals surface area contributed by atoms with Crippen LogP contribution in [0.15, 0.2) is 88.2 Å². The van der Waals surface area contributed by atoms with Gasteiger partial charge < -0.3 is 4.74 Å². The van der Waals surface area contributed by atoms with Gasteiger partial charge in [-0.1, -0.05) is 65.9 Å². The van der Waals surface area contributed by atoms with E-state index in [-0.39, 0.29) is 17.4 Å². The fraction of sp³-hybridized carbons (Fsp3) is 0.143. The Labute approximate surface area is 199 Å². The maximum atomic E-state index is 13.7. The third kappa shape index (κ3) is 3.33. The normalized spacial score (nSPS) is 17.0. The lowest BCUT2D eigenvalue weighted by Gasteiger charge is -2.31. The zero-order valence-electron chi connectivity index (χ0n) is 18.5. The van der Waals surface area contributed by atoms with E-state index in [1.54, 1.807) is 29.9 Å². The van der Waals surface area contributed by atoms with E-state index in [2.05, 4.69) is 18.2 Å². The lowest BCUT2D eigenvalue weighted by molar-refractivity contribution is 0.402. The molecule has 0 amide bonds. The Bertz CT molecular complexity index is 1630. The van der Waals surface area contributed by atoms with Crippen LogP contribution in [0.3, 0.4) is 0 Å². The molecule has 4 aromatic rings. The fourth-order valence-electron chi connectivity index (χ4n) is 4.90. The molecule has 3 aromatic carbocycles. The van der Waals surface area contributed by atoms with Crippen LogP contribution in [0.25, 0.3) is 11.8 Å². The molecule has 1 unspecified atom stereocenters. The highest BCUT2D eigenvalue weighted by Crippen LogP contribution is 2.43. The smallest absolute Gasteiger partial charge is 0.271 e. The highest BCUT2D eigenvalue weighted by molar-refractivity contribution is 7.07. The van der Waals surface area contributed by atoms with E-state index in [1.807, 2.05) is 30.3 Å². The second kappa shape index (κ2) is 8.22. The van der Waals surface area contributed by atoms with Crippen molar-refractivity contribution in [2.45, 2.75) is 18.9 Å². The highest BCUT2D eigenvalue weighted by atomic mass is 32.1. The number of methoxy groups -OCH3 is 1. The van der Waals surface area contributed by atoms with Crippen LogP contribution >= 0.6 is 11.3 Å². The van der Waals surface area contributed by atoms with Crippen LogP contribution in [0.1, 0.15) is 34.7 Å². The zero-order chi connectivity index (χ0) is 23.2. The minimum Gasteiger partial charge on any atom is -0.496 e. The van der Waals surface area contributed by atoms with Gasteiger partial charge >= 0.3 is 0 Å². The van der Waals surface area contributed by atoms with E-state index < -0.39 is 0 Å². The predicted octanol–water partition coefficient (Wildman–Crippen LogP) is 4.47. The number of rotatable bonds is 3. The van der Waals surface area contributed by atoms with Crippen molar-refractivity contribution in [3.63, 3.8) is 0 Å². The van der Waals surface area contributed by atoms with Gasteiger partial charge in [0.2, 0.25) is 0 Å². The lowest BCUT2D eigenvalue weighted by atomic mass is 9.83. The number of aromatic nitrogens is 1.